The average molecular weight is 289 g/mol. The van der Waals surface area contributed by atoms with Crippen LogP contribution in [-0.2, 0) is 0 Å². The molecule has 0 bridgehead atoms. The first-order chi connectivity index (χ1) is 9.72. The molecule has 5 nitrogen and oxygen atoms in total. The summed E-state index contributed by atoms with van der Waals surface area (Å²) in [5, 5.41) is 8.55. The van der Waals surface area contributed by atoms with Gasteiger partial charge in [-0.05, 0) is 12.1 Å². The van der Waals surface area contributed by atoms with E-state index < -0.39 is 5.91 Å². The molecule has 0 atom stereocenters. The Morgan fingerprint density at radius 3 is 3.00 bits per heavy atom. The van der Waals surface area contributed by atoms with Gasteiger partial charge in [-0.25, -0.2) is 9.37 Å². The standard InChI is InChI=1S/C13H8FN3O2S/c14-9-3-1-2-8(6-9)10-7-11(19-17-10)12(18)16-13-15-4-5-20-13/h1-7H,(H,15,16,18). The molecule has 1 N–H and O–H groups in total. The normalized spacial score (nSPS) is 10.4. The van der Waals surface area contributed by atoms with E-state index in [4.69, 9.17) is 4.52 Å². The highest BCUT2D eigenvalue weighted by atomic mass is 32.1. The number of hydrogen-bond acceptors (Lipinski definition) is 5. The summed E-state index contributed by atoms with van der Waals surface area (Å²) in [6, 6.07) is 7.36. The lowest BCUT2D eigenvalue weighted by atomic mass is 10.1. The van der Waals surface area contributed by atoms with Gasteiger partial charge < -0.3 is 4.52 Å². The number of thiazole rings is 1. The number of amides is 1. The van der Waals surface area contributed by atoms with Crippen molar-refractivity contribution >= 4 is 22.4 Å². The molecule has 1 amide bonds. The fraction of sp³-hybridized carbons (Fsp3) is 0. The van der Waals surface area contributed by atoms with Gasteiger partial charge >= 0.3 is 0 Å². The van der Waals surface area contributed by atoms with Crippen LogP contribution in [0.1, 0.15) is 10.6 Å². The summed E-state index contributed by atoms with van der Waals surface area (Å²) >= 11 is 1.30. The minimum atomic E-state index is -0.449. The van der Waals surface area contributed by atoms with E-state index in [0.717, 1.165) is 0 Å². The van der Waals surface area contributed by atoms with Crippen LogP contribution in [0.25, 0.3) is 11.3 Å². The van der Waals surface area contributed by atoms with E-state index in [9.17, 15) is 9.18 Å². The lowest BCUT2D eigenvalue weighted by Crippen LogP contribution is -2.10. The summed E-state index contributed by atoms with van der Waals surface area (Å²) in [4.78, 5) is 15.8. The Labute approximate surface area is 117 Å². The smallest absolute Gasteiger partial charge is 0.296 e. The summed E-state index contributed by atoms with van der Waals surface area (Å²) in [5.41, 5.74) is 0.941. The van der Waals surface area contributed by atoms with Gasteiger partial charge in [-0.1, -0.05) is 17.3 Å². The fourth-order valence-corrected chi connectivity index (χ4v) is 2.13. The number of aromatic nitrogens is 2. The maximum atomic E-state index is 13.1. The minimum Gasteiger partial charge on any atom is -0.350 e. The lowest BCUT2D eigenvalue weighted by molar-refractivity contribution is 0.0988. The second kappa shape index (κ2) is 5.22. The third kappa shape index (κ3) is 2.57. The van der Waals surface area contributed by atoms with Crippen molar-refractivity contribution in [1.29, 1.82) is 0 Å². The highest BCUT2D eigenvalue weighted by Gasteiger charge is 2.15. The van der Waals surface area contributed by atoms with Gasteiger partial charge in [-0.15, -0.1) is 11.3 Å². The summed E-state index contributed by atoms with van der Waals surface area (Å²) in [6.45, 7) is 0. The van der Waals surface area contributed by atoms with Gasteiger partial charge in [0.05, 0.1) is 0 Å². The van der Waals surface area contributed by atoms with E-state index in [1.165, 1.54) is 29.5 Å². The number of carbonyl (C=O) groups is 1. The SMILES string of the molecule is O=C(Nc1nccs1)c1cc(-c2cccc(F)c2)no1. The summed E-state index contributed by atoms with van der Waals surface area (Å²) in [7, 11) is 0. The molecule has 0 spiro atoms. The molecule has 0 fully saturated rings. The molecule has 7 heteroatoms. The molecule has 0 radical (unpaired) electrons. The largest absolute Gasteiger partial charge is 0.350 e. The third-order valence-electron chi connectivity index (χ3n) is 2.51. The number of nitrogens with zero attached hydrogens (tertiary/aromatic N) is 2. The van der Waals surface area contributed by atoms with Crippen LogP contribution in [0.5, 0.6) is 0 Å². The monoisotopic (exact) mass is 289 g/mol. The second-order valence-corrected chi connectivity index (χ2v) is 4.77. The predicted molar refractivity (Wildman–Crippen MR) is 72.0 cm³/mol. The third-order valence-corrected chi connectivity index (χ3v) is 3.20. The second-order valence-electron chi connectivity index (χ2n) is 3.88. The molecule has 1 aromatic carbocycles. The summed E-state index contributed by atoms with van der Waals surface area (Å²) in [5.74, 6) is -0.783. The molecule has 2 aromatic heterocycles. The van der Waals surface area contributed by atoms with Crippen molar-refractivity contribution in [3.05, 3.63) is 53.5 Å². The first kappa shape index (κ1) is 12.5. The fourth-order valence-electron chi connectivity index (χ4n) is 1.61. The zero-order valence-electron chi connectivity index (χ0n) is 10.0. The Hall–Kier alpha value is -2.54. The van der Waals surface area contributed by atoms with E-state index in [1.54, 1.807) is 23.7 Å². The molecule has 3 aromatic rings. The van der Waals surface area contributed by atoms with Crippen molar-refractivity contribution in [3.63, 3.8) is 0 Å². The van der Waals surface area contributed by atoms with Crippen LogP contribution in [0, 0.1) is 5.82 Å². The first-order valence-electron chi connectivity index (χ1n) is 5.66. The molecular weight excluding hydrogens is 281 g/mol. The van der Waals surface area contributed by atoms with Gasteiger partial charge in [0.1, 0.15) is 11.5 Å². The van der Waals surface area contributed by atoms with Crippen LogP contribution in [0.15, 0.2) is 46.4 Å². The van der Waals surface area contributed by atoms with Crippen molar-refractivity contribution in [2.45, 2.75) is 0 Å². The first-order valence-corrected chi connectivity index (χ1v) is 6.54. The van der Waals surface area contributed by atoms with Crippen molar-refractivity contribution in [2.24, 2.45) is 0 Å². The summed E-state index contributed by atoms with van der Waals surface area (Å²) < 4.78 is 18.1. The van der Waals surface area contributed by atoms with Crippen molar-refractivity contribution in [2.75, 3.05) is 5.32 Å². The van der Waals surface area contributed by atoms with E-state index >= 15 is 0 Å². The number of hydrogen-bond donors (Lipinski definition) is 1. The highest BCUT2D eigenvalue weighted by Crippen LogP contribution is 2.20. The van der Waals surface area contributed by atoms with Gasteiger partial charge in [0.2, 0.25) is 5.76 Å². The van der Waals surface area contributed by atoms with Gasteiger partial charge in [0.15, 0.2) is 5.13 Å². The zero-order valence-corrected chi connectivity index (χ0v) is 10.9. The van der Waals surface area contributed by atoms with E-state index in [2.05, 4.69) is 15.5 Å². The number of rotatable bonds is 3. The van der Waals surface area contributed by atoms with Crippen LogP contribution in [0.4, 0.5) is 9.52 Å². The van der Waals surface area contributed by atoms with Gasteiger partial charge in [0, 0.05) is 23.2 Å². The topological polar surface area (TPSA) is 68.0 Å². The molecule has 0 saturated carbocycles. The van der Waals surface area contributed by atoms with Crippen molar-refractivity contribution < 1.29 is 13.7 Å². The van der Waals surface area contributed by atoms with Crippen LogP contribution in [-0.4, -0.2) is 16.0 Å². The minimum absolute atomic E-state index is 0.0412. The van der Waals surface area contributed by atoms with Crippen LogP contribution in [0.2, 0.25) is 0 Å². The number of benzene rings is 1. The van der Waals surface area contributed by atoms with Crippen molar-refractivity contribution in [1.82, 2.24) is 10.1 Å². The maximum Gasteiger partial charge on any atom is 0.296 e. The van der Waals surface area contributed by atoms with Gasteiger partial charge in [0.25, 0.3) is 5.91 Å². The predicted octanol–water partition coefficient (Wildman–Crippen LogP) is 3.19. The molecule has 0 aliphatic carbocycles. The quantitative estimate of drug-likeness (QED) is 0.804. The van der Waals surface area contributed by atoms with Gasteiger partial charge in [-0.3, -0.25) is 10.1 Å². The average Bonchev–Trinajstić information content (AvgIpc) is 3.09. The molecule has 3 rings (SSSR count). The Morgan fingerprint density at radius 2 is 2.25 bits per heavy atom. The highest BCUT2D eigenvalue weighted by molar-refractivity contribution is 7.13. The summed E-state index contributed by atoms with van der Waals surface area (Å²) in [6.07, 6.45) is 1.58. The number of nitrogens with one attached hydrogen (secondary N) is 1. The van der Waals surface area contributed by atoms with E-state index in [1.807, 2.05) is 0 Å². The zero-order chi connectivity index (χ0) is 13.9. The van der Waals surface area contributed by atoms with Crippen molar-refractivity contribution in [3.8, 4) is 11.3 Å². The number of anilines is 1. The number of carbonyl (C=O) groups excluding carboxylic acids is 1. The molecule has 100 valence electrons. The van der Waals surface area contributed by atoms with E-state index in [0.29, 0.717) is 16.4 Å². The van der Waals surface area contributed by atoms with Crippen LogP contribution < -0.4 is 5.32 Å². The molecule has 0 aliphatic heterocycles. The Morgan fingerprint density at radius 1 is 1.35 bits per heavy atom. The Kier molecular flexibility index (Phi) is 3.26. The lowest BCUT2D eigenvalue weighted by Gasteiger charge is -1.95. The molecule has 0 unspecified atom stereocenters. The Bertz CT molecular complexity index is 740. The molecular formula is C13H8FN3O2S. The number of halogens is 1. The maximum absolute atomic E-state index is 13.1. The van der Waals surface area contributed by atoms with Crippen LogP contribution in [0.3, 0.4) is 0 Å². The molecule has 0 aliphatic rings. The molecule has 20 heavy (non-hydrogen) atoms. The molecule has 0 saturated heterocycles. The van der Waals surface area contributed by atoms with E-state index in [-0.39, 0.29) is 11.6 Å². The molecule has 2 heterocycles. The van der Waals surface area contributed by atoms with Gasteiger partial charge in [-0.2, -0.15) is 0 Å². The van der Waals surface area contributed by atoms with Crippen LogP contribution >= 0.6 is 11.3 Å². The Balaban J connectivity index is 1.81.